The van der Waals surface area contributed by atoms with Gasteiger partial charge < -0.3 is 5.32 Å². The first kappa shape index (κ1) is 8.05. The van der Waals surface area contributed by atoms with Gasteiger partial charge in [0.05, 0.1) is 11.4 Å². The Morgan fingerprint density at radius 1 is 1.55 bits per heavy atom. The number of hydrogen-bond acceptors (Lipinski definition) is 2. The molecule has 1 aromatic rings. The largest absolute Gasteiger partial charge is 0.386 e. The number of nitrogens with zero attached hydrogens (tertiary/aromatic N) is 1. The van der Waals surface area contributed by atoms with Crippen LogP contribution in [0.15, 0.2) is 12.3 Å². The molecule has 0 aliphatic carbocycles. The van der Waals surface area contributed by atoms with Crippen molar-refractivity contribution in [3.8, 4) is 0 Å². The molecule has 0 aliphatic rings. The van der Waals surface area contributed by atoms with Gasteiger partial charge in [-0.1, -0.05) is 6.92 Å². The molecule has 1 rings (SSSR count). The van der Waals surface area contributed by atoms with E-state index >= 15 is 0 Å². The fourth-order valence-corrected chi connectivity index (χ4v) is 1.26. The summed E-state index contributed by atoms with van der Waals surface area (Å²) in [6.45, 7) is 4.17. The van der Waals surface area contributed by atoms with E-state index in [0.29, 0.717) is 0 Å². The molecule has 0 saturated carbocycles. The van der Waals surface area contributed by atoms with Crippen LogP contribution in [0, 0.1) is 6.92 Å². The molecule has 1 N–H and O–H groups in total. The Bertz CT molecular complexity index is 243. The number of aromatic nitrogens is 1. The number of hydrogen-bond donors (Lipinski definition) is 1. The van der Waals surface area contributed by atoms with Gasteiger partial charge in [-0.3, -0.25) is 4.98 Å². The zero-order valence-corrected chi connectivity index (χ0v) is 7.31. The molecule has 0 radical (unpaired) electrons. The van der Waals surface area contributed by atoms with Gasteiger partial charge in [-0.05, 0) is 25.0 Å². The van der Waals surface area contributed by atoms with E-state index in [-0.39, 0.29) is 0 Å². The topological polar surface area (TPSA) is 24.9 Å². The van der Waals surface area contributed by atoms with Crippen molar-refractivity contribution in [2.24, 2.45) is 0 Å². The molecule has 2 nitrogen and oxygen atoms in total. The Balaban J connectivity index is 3.13. The normalized spacial score (nSPS) is 9.73. The van der Waals surface area contributed by atoms with Crippen molar-refractivity contribution in [1.29, 1.82) is 0 Å². The van der Waals surface area contributed by atoms with Crippen molar-refractivity contribution in [3.63, 3.8) is 0 Å². The maximum atomic E-state index is 4.20. The lowest BCUT2D eigenvalue weighted by Gasteiger charge is -2.08. The van der Waals surface area contributed by atoms with E-state index in [1.807, 2.05) is 20.2 Å². The first-order valence-electron chi connectivity index (χ1n) is 3.91. The molecule has 2 heteroatoms. The molecule has 0 atom stereocenters. The van der Waals surface area contributed by atoms with Crippen LogP contribution in [0.5, 0.6) is 0 Å². The van der Waals surface area contributed by atoms with Gasteiger partial charge in [0.1, 0.15) is 0 Å². The van der Waals surface area contributed by atoms with Gasteiger partial charge in [0, 0.05) is 13.2 Å². The molecule has 0 unspecified atom stereocenters. The third-order valence-electron chi connectivity index (χ3n) is 1.86. The van der Waals surface area contributed by atoms with Crippen molar-refractivity contribution >= 4 is 5.69 Å². The molecule has 11 heavy (non-hydrogen) atoms. The van der Waals surface area contributed by atoms with Crippen LogP contribution in [0.1, 0.15) is 18.2 Å². The summed E-state index contributed by atoms with van der Waals surface area (Å²) in [6, 6.07) is 2.05. The molecule has 0 fully saturated rings. The lowest BCUT2D eigenvalue weighted by molar-refractivity contribution is 1.09. The average molecular weight is 150 g/mol. The summed E-state index contributed by atoms with van der Waals surface area (Å²) in [5, 5.41) is 3.15. The van der Waals surface area contributed by atoms with Gasteiger partial charge in [0.15, 0.2) is 0 Å². The van der Waals surface area contributed by atoms with E-state index in [0.717, 1.165) is 12.1 Å². The van der Waals surface area contributed by atoms with Crippen LogP contribution in [0.3, 0.4) is 0 Å². The van der Waals surface area contributed by atoms with Gasteiger partial charge in [0.2, 0.25) is 0 Å². The molecular weight excluding hydrogens is 136 g/mol. The van der Waals surface area contributed by atoms with Crippen molar-refractivity contribution < 1.29 is 0 Å². The van der Waals surface area contributed by atoms with Gasteiger partial charge in [0.25, 0.3) is 0 Å². The lowest BCUT2D eigenvalue weighted by atomic mass is 10.1. The lowest BCUT2D eigenvalue weighted by Crippen LogP contribution is -1.98. The smallest absolute Gasteiger partial charge is 0.0606 e. The Kier molecular flexibility index (Phi) is 2.47. The highest BCUT2D eigenvalue weighted by molar-refractivity contribution is 5.53. The minimum atomic E-state index is 1.06. The van der Waals surface area contributed by atoms with E-state index in [9.17, 15) is 0 Å². The van der Waals surface area contributed by atoms with Crippen LogP contribution in [0.2, 0.25) is 0 Å². The third-order valence-corrected chi connectivity index (χ3v) is 1.86. The van der Waals surface area contributed by atoms with Gasteiger partial charge in [-0.15, -0.1) is 0 Å². The predicted molar refractivity (Wildman–Crippen MR) is 47.9 cm³/mol. The van der Waals surface area contributed by atoms with Crippen LogP contribution in [-0.2, 0) is 6.42 Å². The summed E-state index contributed by atoms with van der Waals surface area (Å²) in [6.07, 6.45) is 2.91. The standard InChI is InChI=1S/C9H14N2/c1-4-8-5-6-11-7(2)9(8)10-3/h5-6,10H,4H2,1-3H3. The Morgan fingerprint density at radius 3 is 2.73 bits per heavy atom. The van der Waals surface area contributed by atoms with Crippen molar-refractivity contribution in [1.82, 2.24) is 4.98 Å². The average Bonchev–Trinajstić information content (AvgIpc) is 2.04. The Morgan fingerprint density at radius 2 is 2.27 bits per heavy atom. The van der Waals surface area contributed by atoms with Gasteiger partial charge in [-0.2, -0.15) is 0 Å². The zero-order chi connectivity index (χ0) is 8.27. The molecule has 1 heterocycles. The number of pyridine rings is 1. The fourth-order valence-electron chi connectivity index (χ4n) is 1.26. The maximum Gasteiger partial charge on any atom is 0.0606 e. The van der Waals surface area contributed by atoms with Crippen molar-refractivity contribution in [2.75, 3.05) is 12.4 Å². The molecule has 0 aromatic carbocycles. The zero-order valence-electron chi connectivity index (χ0n) is 7.31. The number of aryl methyl sites for hydroxylation is 2. The van der Waals surface area contributed by atoms with Crippen LogP contribution in [-0.4, -0.2) is 12.0 Å². The summed E-state index contributed by atoms with van der Waals surface area (Å²) >= 11 is 0. The second-order valence-electron chi connectivity index (χ2n) is 2.53. The second-order valence-corrected chi connectivity index (χ2v) is 2.53. The Hall–Kier alpha value is -1.05. The third kappa shape index (κ3) is 1.50. The highest BCUT2D eigenvalue weighted by atomic mass is 14.9. The van der Waals surface area contributed by atoms with Crippen molar-refractivity contribution in [2.45, 2.75) is 20.3 Å². The molecule has 0 bridgehead atoms. The monoisotopic (exact) mass is 150 g/mol. The maximum absolute atomic E-state index is 4.20. The van der Waals surface area contributed by atoms with E-state index in [1.54, 1.807) is 0 Å². The summed E-state index contributed by atoms with van der Waals surface area (Å²) < 4.78 is 0. The van der Waals surface area contributed by atoms with E-state index < -0.39 is 0 Å². The predicted octanol–water partition coefficient (Wildman–Crippen LogP) is 1.99. The first-order chi connectivity index (χ1) is 5.29. The number of nitrogens with one attached hydrogen (secondary N) is 1. The number of anilines is 1. The second kappa shape index (κ2) is 3.37. The van der Waals surface area contributed by atoms with Crippen molar-refractivity contribution in [3.05, 3.63) is 23.5 Å². The highest BCUT2D eigenvalue weighted by Crippen LogP contribution is 2.17. The first-order valence-corrected chi connectivity index (χ1v) is 3.91. The molecule has 0 spiro atoms. The fraction of sp³-hybridized carbons (Fsp3) is 0.444. The van der Waals surface area contributed by atoms with Crippen LogP contribution >= 0.6 is 0 Å². The molecule has 60 valence electrons. The van der Waals surface area contributed by atoms with Gasteiger partial charge >= 0.3 is 0 Å². The van der Waals surface area contributed by atoms with Crippen LogP contribution in [0.25, 0.3) is 0 Å². The van der Waals surface area contributed by atoms with Gasteiger partial charge in [-0.25, -0.2) is 0 Å². The summed E-state index contributed by atoms with van der Waals surface area (Å²) in [5.41, 5.74) is 3.59. The number of rotatable bonds is 2. The van der Waals surface area contributed by atoms with E-state index in [4.69, 9.17) is 0 Å². The molecule has 1 aromatic heterocycles. The highest BCUT2D eigenvalue weighted by Gasteiger charge is 2.00. The van der Waals surface area contributed by atoms with E-state index in [2.05, 4.69) is 23.3 Å². The molecule has 0 amide bonds. The van der Waals surface area contributed by atoms with E-state index in [1.165, 1.54) is 11.3 Å². The summed E-state index contributed by atoms with van der Waals surface area (Å²) in [4.78, 5) is 4.20. The molecule has 0 saturated heterocycles. The Labute approximate surface area is 67.7 Å². The SMILES string of the molecule is CCc1ccnc(C)c1NC. The van der Waals surface area contributed by atoms with Crippen LogP contribution < -0.4 is 5.32 Å². The minimum Gasteiger partial charge on any atom is -0.386 e. The quantitative estimate of drug-likeness (QED) is 0.697. The molecule has 0 aliphatic heterocycles. The molecular formula is C9H14N2. The van der Waals surface area contributed by atoms with Crippen LogP contribution in [0.4, 0.5) is 5.69 Å². The minimum absolute atomic E-state index is 1.06. The summed E-state index contributed by atoms with van der Waals surface area (Å²) in [7, 11) is 1.93. The summed E-state index contributed by atoms with van der Waals surface area (Å²) in [5.74, 6) is 0.